The highest BCUT2D eigenvalue weighted by Crippen LogP contribution is 2.35. The van der Waals surface area contributed by atoms with Gasteiger partial charge >= 0.3 is 0 Å². The van der Waals surface area contributed by atoms with Gasteiger partial charge in [0.05, 0.1) is 19.1 Å². The summed E-state index contributed by atoms with van der Waals surface area (Å²) in [6.07, 6.45) is 0.0377. The quantitative estimate of drug-likeness (QED) is 0.421. The molecule has 7 nitrogen and oxygen atoms in total. The summed E-state index contributed by atoms with van der Waals surface area (Å²) in [6, 6.07) is 7.72. The van der Waals surface area contributed by atoms with Crippen molar-refractivity contribution in [2.75, 3.05) is 7.11 Å². The highest BCUT2D eigenvalue weighted by molar-refractivity contribution is 7.90. The second-order valence-electron chi connectivity index (χ2n) is 4.71. The highest BCUT2D eigenvalue weighted by atomic mass is 32.2. The van der Waals surface area contributed by atoms with Crippen LogP contribution in [0.5, 0.6) is 0 Å². The van der Waals surface area contributed by atoms with E-state index in [1.807, 2.05) is 0 Å². The molecule has 0 bridgehead atoms. The molecule has 0 spiro atoms. The fourth-order valence-electron chi connectivity index (χ4n) is 2.12. The Hall–Kier alpha value is -2.00. The van der Waals surface area contributed by atoms with Gasteiger partial charge in [-0.3, -0.25) is 9.35 Å². The van der Waals surface area contributed by atoms with E-state index < -0.39 is 38.6 Å². The van der Waals surface area contributed by atoms with E-state index in [1.54, 1.807) is 18.2 Å². The van der Waals surface area contributed by atoms with Crippen LogP contribution in [0.15, 0.2) is 52.6 Å². The molecule has 1 aromatic carbocycles. The first-order valence-electron chi connectivity index (χ1n) is 6.18. The normalized spacial score (nSPS) is 17.9. The lowest BCUT2D eigenvalue weighted by atomic mass is 9.90. The number of rotatable bonds is 4. The van der Waals surface area contributed by atoms with E-state index in [4.69, 9.17) is 4.74 Å². The number of carbonyl (C=O) groups excluding carboxylic acids is 1. The lowest BCUT2D eigenvalue weighted by molar-refractivity contribution is -0.130. The van der Waals surface area contributed by atoms with E-state index >= 15 is 0 Å². The summed E-state index contributed by atoms with van der Waals surface area (Å²) in [5.41, 5.74) is -0.413. The Bertz CT molecular complexity index is 758. The number of hydrogen-bond donors (Lipinski definition) is 3. The van der Waals surface area contributed by atoms with Gasteiger partial charge in [-0.2, -0.15) is 8.42 Å². The van der Waals surface area contributed by atoms with E-state index in [9.17, 15) is 28.0 Å². The minimum Gasteiger partial charge on any atom is -0.499 e. The molecule has 0 amide bonds. The summed E-state index contributed by atoms with van der Waals surface area (Å²) in [6.45, 7) is 0. The molecule has 22 heavy (non-hydrogen) atoms. The second kappa shape index (κ2) is 5.65. The first kappa shape index (κ1) is 16.4. The van der Waals surface area contributed by atoms with Gasteiger partial charge < -0.3 is 14.9 Å². The molecule has 3 N–H and O–H groups in total. The molecular formula is C14H14O7S. The minimum atomic E-state index is -4.68. The smallest absolute Gasteiger partial charge is 0.297 e. The summed E-state index contributed by atoms with van der Waals surface area (Å²) in [5.74, 6) is -3.72. The van der Waals surface area contributed by atoms with Crippen molar-refractivity contribution in [2.45, 2.75) is 12.2 Å². The predicted octanol–water partition coefficient (Wildman–Crippen LogP) is 0.626. The molecule has 1 aromatic rings. The first-order valence-corrected chi connectivity index (χ1v) is 7.62. The molecule has 0 aliphatic heterocycles. The third-order valence-electron chi connectivity index (χ3n) is 3.19. The molecule has 1 aliphatic rings. The Balaban J connectivity index is 2.60. The van der Waals surface area contributed by atoms with Crippen molar-refractivity contribution in [3.8, 4) is 0 Å². The SMILES string of the molecule is COC1=C(S(=O)(=O)O)C=C(C(=O)c2ccccc2)C(O)(O)C1. The number of methoxy groups -OCH3 is 1. The first-order chi connectivity index (χ1) is 10.2. The molecule has 118 valence electrons. The molecule has 0 fully saturated rings. The van der Waals surface area contributed by atoms with Crippen molar-refractivity contribution in [1.82, 2.24) is 0 Å². The van der Waals surface area contributed by atoms with Crippen LogP contribution >= 0.6 is 0 Å². The zero-order valence-electron chi connectivity index (χ0n) is 11.6. The Morgan fingerprint density at radius 3 is 2.32 bits per heavy atom. The number of hydrogen-bond acceptors (Lipinski definition) is 6. The summed E-state index contributed by atoms with van der Waals surface area (Å²) in [5, 5.41) is 20.1. The van der Waals surface area contributed by atoms with Gasteiger partial charge in [0.1, 0.15) is 10.7 Å². The molecule has 0 heterocycles. The van der Waals surface area contributed by atoms with Gasteiger partial charge in [-0.05, 0) is 6.08 Å². The molecular weight excluding hydrogens is 312 g/mol. The second-order valence-corrected chi connectivity index (χ2v) is 6.10. The van der Waals surface area contributed by atoms with Gasteiger partial charge in [-0.15, -0.1) is 0 Å². The van der Waals surface area contributed by atoms with Gasteiger partial charge in [0, 0.05) is 5.56 Å². The Morgan fingerprint density at radius 2 is 1.82 bits per heavy atom. The molecule has 0 radical (unpaired) electrons. The number of ether oxygens (including phenoxy) is 1. The Kier molecular flexibility index (Phi) is 4.21. The molecule has 1 aliphatic carbocycles. The van der Waals surface area contributed by atoms with Crippen LogP contribution in [0.1, 0.15) is 16.8 Å². The molecule has 0 saturated heterocycles. The number of Topliss-reactive ketones (excluding diaryl/α,β-unsaturated/α-hetero) is 1. The van der Waals surface area contributed by atoms with Gasteiger partial charge in [-0.25, -0.2) is 0 Å². The fraction of sp³-hybridized carbons (Fsp3) is 0.214. The molecule has 0 unspecified atom stereocenters. The van der Waals surface area contributed by atoms with E-state index in [0.717, 1.165) is 7.11 Å². The standard InChI is InChI=1S/C14H14O7S/c1-21-11-8-14(16,17)10(7-12(11)22(18,19)20)13(15)9-5-3-2-4-6-9/h2-7,16-17H,8H2,1H3,(H,18,19,20). The Morgan fingerprint density at radius 1 is 1.23 bits per heavy atom. The maximum Gasteiger partial charge on any atom is 0.297 e. The van der Waals surface area contributed by atoms with Crippen LogP contribution in [-0.2, 0) is 14.9 Å². The van der Waals surface area contributed by atoms with Crippen LogP contribution in [0.4, 0.5) is 0 Å². The lowest BCUT2D eigenvalue weighted by Crippen LogP contribution is -2.38. The van der Waals surface area contributed by atoms with Crippen molar-refractivity contribution in [3.63, 3.8) is 0 Å². The van der Waals surface area contributed by atoms with E-state index in [2.05, 4.69) is 0 Å². The number of aliphatic hydroxyl groups is 2. The third-order valence-corrected chi connectivity index (χ3v) is 4.09. The van der Waals surface area contributed by atoms with Crippen LogP contribution < -0.4 is 0 Å². The molecule has 0 saturated carbocycles. The lowest BCUT2D eigenvalue weighted by Gasteiger charge is -2.29. The number of carbonyl (C=O) groups is 1. The van der Waals surface area contributed by atoms with Crippen LogP contribution in [-0.4, -0.2) is 41.9 Å². The average Bonchev–Trinajstić information content (AvgIpc) is 2.45. The van der Waals surface area contributed by atoms with Crippen molar-refractivity contribution >= 4 is 15.9 Å². The average molecular weight is 326 g/mol. The maximum absolute atomic E-state index is 12.4. The fourth-order valence-corrected chi connectivity index (χ4v) is 2.83. The van der Waals surface area contributed by atoms with Crippen molar-refractivity contribution in [2.24, 2.45) is 0 Å². The number of benzene rings is 1. The summed E-state index contributed by atoms with van der Waals surface area (Å²) < 4.78 is 36.7. The monoisotopic (exact) mass is 326 g/mol. The van der Waals surface area contributed by atoms with Crippen LogP contribution in [0.2, 0.25) is 0 Å². The van der Waals surface area contributed by atoms with Gasteiger partial charge in [0.25, 0.3) is 10.1 Å². The Labute approximate surface area is 126 Å². The molecule has 0 atom stereocenters. The van der Waals surface area contributed by atoms with Crippen molar-refractivity contribution in [3.05, 3.63) is 58.2 Å². The summed E-state index contributed by atoms with van der Waals surface area (Å²) in [4.78, 5) is 11.7. The summed E-state index contributed by atoms with van der Waals surface area (Å²) >= 11 is 0. The van der Waals surface area contributed by atoms with E-state index in [1.165, 1.54) is 12.1 Å². The molecule has 0 aromatic heterocycles. The van der Waals surface area contributed by atoms with E-state index in [0.29, 0.717) is 6.08 Å². The van der Waals surface area contributed by atoms with Crippen molar-refractivity contribution < 1.29 is 32.7 Å². The third kappa shape index (κ3) is 3.09. The largest absolute Gasteiger partial charge is 0.499 e. The predicted molar refractivity (Wildman–Crippen MR) is 76.2 cm³/mol. The number of allylic oxidation sites excluding steroid dienone is 1. The summed E-state index contributed by atoms with van der Waals surface area (Å²) in [7, 11) is -3.56. The van der Waals surface area contributed by atoms with Crippen molar-refractivity contribution in [1.29, 1.82) is 0 Å². The zero-order chi connectivity index (χ0) is 16.5. The van der Waals surface area contributed by atoms with Crippen LogP contribution in [0.25, 0.3) is 0 Å². The molecule has 2 rings (SSSR count). The molecule has 8 heteroatoms. The maximum atomic E-state index is 12.4. The topological polar surface area (TPSA) is 121 Å². The van der Waals surface area contributed by atoms with Crippen LogP contribution in [0.3, 0.4) is 0 Å². The van der Waals surface area contributed by atoms with Gasteiger partial charge in [-0.1, -0.05) is 30.3 Å². The minimum absolute atomic E-state index is 0.150. The van der Waals surface area contributed by atoms with Crippen LogP contribution in [0, 0.1) is 0 Å². The van der Waals surface area contributed by atoms with Gasteiger partial charge in [0.15, 0.2) is 5.78 Å². The highest BCUT2D eigenvalue weighted by Gasteiger charge is 2.41. The zero-order valence-corrected chi connectivity index (χ0v) is 12.4. The van der Waals surface area contributed by atoms with E-state index in [-0.39, 0.29) is 11.3 Å². The number of ketones is 1. The van der Waals surface area contributed by atoms with Gasteiger partial charge in [0.2, 0.25) is 5.79 Å².